The lowest BCUT2D eigenvalue weighted by Crippen LogP contribution is -2.59. The van der Waals surface area contributed by atoms with Crippen LogP contribution in [-0.2, 0) is 11.8 Å². The van der Waals surface area contributed by atoms with Gasteiger partial charge in [0.1, 0.15) is 5.69 Å². The van der Waals surface area contributed by atoms with Gasteiger partial charge in [-0.15, -0.1) is 0 Å². The minimum atomic E-state index is -4.58. The maximum absolute atomic E-state index is 12.9. The summed E-state index contributed by atoms with van der Waals surface area (Å²) in [5, 5.41) is 17.0. The molecule has 150 valence electrons. The number of aromatic amines is 1. The van der Waals surface area contributed by atoms with Crippen molar-refractivity contribution in [3.05, 3.63) is 53.3 Å². The average molecular weight is 393 g/mol. The number of aliphatic hydroxyl groups is 1. The number of hydrogen-bond donors (Lipinski definition) is 2. The van der Waals surface area contributed by atoms with Crippen molar-refractivity contribution in [2.75, 3.05) is 6.54 Å². The van der Waals surface area contributed by atoms with Crippen molar-refractivity contribution in [2.24, 2.45) is 5.92 Å². The second-order valence-electron chi connectivity index (χ2n) is 7.66. The fourth-order valence-corrected chi connectivity index (χ4v) is 4.74. The average Bonchev–Trinajstić information content (AvgIpc) is 3.20. The molecule has 1 saturated heterocycles. The van der Waals surface area contributed by atoms with Crippen LogP contribution in [-0.4, -0.2) is 38.7 Å². The Balaban J connectivity index is 1.62. The number of amides is 1. The van der Waals surface area contributed by atoms with Gasteiger partial charge in [-0.05, 0) is 24.8 Å². The number of fused-ring (bicyclic) bond motifs is 1. The Morgan fingerprint density at radius 1 is 1.21 bits per heavy atom. The highest BCUT2D eigenvalue weighted by molar-refractivity contribution is 5.92. The second kappa shape index (κ2) is 6.92. The summed E-state index contributed by atoms with van der Waals surface area (Å²) in [5.74, 6) is -0.666. The van der Waals surface area contributed by atoms with Crippen LogP contribution >= 0.6 is 0 Å². The van der Waals surface area contributed by atoms with E-state index in [0.29, 0.717) is 6.42 Å². The Bertz CT molecular complexity index is 852. The van der Waals surface area contributed by atoms with E-state index in [1.165, 1.54) is 0 Å². The molecular formula is C20H22F3N3O2. The summed E-state index contributed by atoms with van der Waals surface area (Å²) in [6, 6.07) is 9.98. The molecule has 5 nitrogen and oxygen atoms in total. The number of likely N-dealkylation sites (tertiary alicyclic amines) is 1. The van der Waals surface area contributed by atoms with Crippen LogP contribution in [0.5, 0.6) is 0 Å². The summed E-state index contributed by atoms with van der Waals surface area (Å²) in [6.07, 6.45) is -0.853. The molecule has 1 amide bonds. The van der Waals surface area contributed by atoms with E-state index < -0.39 is 23.4 Å². The molecule has 0 radical (unpaired) electrons. The fraction of sp³-hybridized carbons (Fsp3) is 0.500. The third-order valence-corrected chi connectivity index (χ3v) is 6.11. The van der Waals surface area contributed by atoms with Gasteiger partial charge >= 0.3 is 6.18 Å². The molecule has 1 aliphatic heterocycles. The van der Waals surface area contributed by atoms with Crippen LogP contribution in [0.3, 0.4) is 0 Å². The minimum Gasteiger partial charge on any atom is -0.385 e. The van der Waals surface area contributed by atoms with E-state index in [0.717, 1.165) is 37.3 Å². The molecule has 8 heteroatoms. The zero-order chi connectivity index (χ0) is 19.9. The van der Waals surface area contributed by atoms with E-state index in [1.54, 1.807) is 4.90 Å². The van der Waals surface area contributed by atoms with Gasteiger partial charge in [-0.25, -0.2) is 0 Å². The topological polar surface area (TPSA) is 69.2 Å². The Morgan fingerprint density at radius 3 is 2.61 bits per heavy atom. The standard InChI is InChI=1S/C20H22F3N3O2/c21-20(22,23)17-12-15(24-25-17)18(27)26-11-10-19(28,13-6-2-1-3-7-13)14-8-4-5-9-16(14)26/h1-3,6-7,12,14,16,28H,4-5,8-11H2,(H,24,25)/t14-,16?,19+/m0/s1. The molecule has 4 rings (SSSR count). The van der Waals surface area contributed by atoms with E-state index in [9.17, 15) is 23.1 Å². The zero-order valence-corrected chi connectivity index (χ0v) is 15.2. The molecule has 2 fully saturated rings. The normalized spacial score (nSPS) is 28.1. The molecule has 2 heterocycles. The van der Waals surface area contributed by atoms with Gasteiger partial charge in [-0.1, -0.05) is 43.2 Å². The van der Waals surface area contributed by atoms with Crippen LogP contribution in [0.2, 0.25) is 0 Å². The van der Waals surface area contributed by atoms with Gasteiger partial charge in [0.25, 0.3) is 5.91 Å². The van der Waals surface area contributed by atoms with Crippen molar-refractivity contribution in [1.29, 1.82) is 0 Å². The molecule has 3 atom stereocenters. The van der Waals surface area contributed by atoms with E-state index in [4.69, 9.17) is 0 Å². The predicted molar refractivity (Wildman–Crippen MR) is 95.3 cm³/mol. The smallest absolute Gasteiger partial charge is 0.385 e. The Morgan fingerprint density at radius 2 is 1.93 bits per heavy atom. The van der Waals surface area contributed by atoms with Crippen molar-refractivity contribution in [2.45, 2.75) is 49.9 Å². The number of carbonyl (C=O) groups is 1. The second-order valence-corrected chi connectivity index (χ2v) is 7.66. The van der Waals surface area contributed by atoms with Gasteiger partial charge in [-0.3, -0.25) is 9.89 Å². The number of benzene rings is 1. The van der Waals surface area contributed by atoms with Crippen LogP contribution in [0, 0.1) is 5.92 Å². The van der Waals surface area contributed by atoms with E-state index in [2.05, 4.69) is 5.10 Å². The van der Waals surface area contributed by atoms with Crippen LogP contribution in [0.25, 0.3) is 0 Å². The molecule has 1 aliphatic carbocycles. The van der Waals surface area contributed by atoms with Crippen LogP contribution in [0.4, 0.5) is 13.2 Å². The van der Waals surface area contributed by atoms with Crippen molar-refractivity contribution >= 4 is 5.91 Å². The number of H-pyrrole nitrogens is 1. The lowest BCUT2D eigenvalue weighted by molar-refractivity contribution is -0.141. The van der Waals surface area contributed by atoms with Crippen molar-refractivity contribution in [1.82, 2.24) is 15.1 Å². The number of aromatic nitrogens is 2. The third kappa shape index (κ3) is 3.19. The Hall–Kier alpha value is -2.35. The van der Waals surface area contributed by atoms with Crippen LogP contribution in [0.15, 0.2) is 36.4 Å². The zero-order valence-electron chi connectivity index (χ0n) is 15.2. The molecule has 2 aromatic rings. The molecule has 0 bridgehead atoms. The Kier molecular flexibility index (Phi) is 4.69. The largest absolute Gasteiger partial charge is 0.432 e. The highest BCUT2D eigenvalue weighted by Gasteiger charge is 2.50. The quantitative estimate of drug-likeness (QED) is 0.817. The highest BCUT2D eigenvalue weighted by Crippen LogP contribution is 2.47. The van der Waals surface area contributed by atoms with E-state index in [1.807, 2.05) is 35.4 Å². The number of hydrogen-bond acceptors (Lipinski definition) is 3. The number of halogens is 3. The SMILES string of the molecule is O=C(c1cc(C(F)(F)F)[nH]n1)N1CC[C@@](O)(c2ccccc2)[C@H]2CCCCC21. The van der Waals surface area contributed by atoms with Gasteiger partial charge in [0, 0.05) is 24.6 Å². The van der Waals surface area contributed by atoms with Crippen molar-refractivity contribution in [3.8, 4) is 0 Å². The number of nitrogens with zero attached hydrogens (tertiary/aromatic N) is 2. The first-order valence-electron chi connectivity index (χ1n) is 9.52. The van der Waals surface area contributed by atoms with Crippen LogP contribution < -0.4 is 0 Å². The molecule has 1 aromatic heterocycles. The first-order chi connectivity index (χ1) is 13.3. The highest BCUT2D eigenvalue weighted by atomic mass is 19.4. The van der Waals surface area contributed by atoms with E-state index >= 15 is 0 Å². The first kappa shape index (κ1) is 19.0. The number of alkyl halides is 3. The number of carbonyl (C=O) groups excluding carboxylic acids is 1. The summed E-state index contributed by atoms with van der Waals surface area (Å²) < 4.78 is 38.5. The van der Waals surface area contributed by atoms with Gasteiger partial charge in [0.05, 0.1) is 5.60 Å². The van der Waals surface area contributed by atoms with Gasteiger partial charge in [-0.2, -0.15) is 18.3 Å². The first-order valence-corrected chi connectivity index (χ1v) is 9.52. The summed E-state index contributed by atoms with van der Waals surface area (Å²) in [7, 11) is 0. The van der Waals surface area contributed by atoms with E-state index in [-0.39, 0.29) is 24.2 Å². The van der Waals surface area contributed by atoms with Crippen molar-refractivity contribution in [3.63, 3.8) is 0 Å². The molecule has 1 unspecified atom stereocenters. The molecule has 0 spiro atoms. The van der Waals surface area contributed by atoms with Crippen molar-refractivity contribution < 1.29 is 23.1 Å². The van der Waals surface area contributed by atoms with Gasteiger partial charge in [0.15, 0.2) is 5.69 Å². The summed E-state index contributed by atoms with van der Waals surface area (Å²) >= 11 is 0. The fourth-order valence-electron chi connectivity index (χ4n) is 4.74. The maximum Gasteiger partial charge on any atom is 0.432 e. The molecular weight excluding hydrogens is 371 g/mol. The summed E-state index contributed by atoms with van der Waals surface area (Å²) in [6.45, 7) is 0.277. The number of nitrogens with one attached hydrogen (secondary N) is 1. The predicted octanol–water partition coefficient (Wildman–Crippen LogP) is 3.72. The molecule has 1 aromatic carbocycles. The monoisotopic (exact) mass is 393 g/mol. The number of piperidine rings is 1. The van der Waals surface area contributed by atoms with Crippen LogP contribution in [0.1, 0.15) is 53.8 Å². The molecule has 2 aliphatic rings. The molecule has 1 saturated carbocycles. The molecule has 28 heavy (non-hydrogen) atoms. The Labute approximate surface area is 160 Å². The summed E-state index contributed by atoms with van der Waals surface area (Å²) in [4.78, 5) is 14.5. The maximum atomic E-state index is 12.9. The summed E-state index contributed by atoms with van der Waals surface area (Å²) in [5.41, 5.74) is -1.47. The minimum absolute atomic E-state index is 0.151. The third-order valence-electron chi connectivity index (χ3n) is 6.11. The van der Waals surface area contributed by atoms with Gasteiger partial charge in [0.2, 0.25) is 0 Å². The lowest BCUT2D eigenvalue weighted by Gasteiger charge is -2.52. The molecule has 2 N–H and O–H groups in total. The van der Waals surface area contributed by atoms with Gasteiger partial charge < -0.3 is 10.0 Å². The lowest BCUT2D eigenvalue weighted by atomic mass is 9.66. The number of rotatable bonds is 2.